The fourth-order valence-electron chi connectivity index (χ4n) is 3.28. The summed E-state index contributed by atoms with van der Waals surface area (Å²) in [5.41, 5.74) is 4.47. The van der Waals surface area contributed by atoms with Crippen molar-refractivity contribution >= 4 is 11.9 Å². The van der Waals surface area contributed by atoms with Gasteiger partial charge in [-0.25, -0.2) is 8.78 Å². The number of hydrogen-bond acceptors (Lipinski definition) is 5. The van der Waals surface area contributed by atoms with Crippen molar-refractivity contribution in [1.29, 1.82) is 0 Å². The summed E-state index contributed by atoms with van der Waals surface area (Å²) in [5, 5.41) is 5.24. The van der Waals surface area contributed by atoms with Crippen LogP contribution in [0.2, 0.25) is 0 Å². The Labute approximate surface area is 172 Å². The van der Waals surface area contributed by atoms with Crippen molar-refractivity contribution in [3.63, 3.8) is 0 Å². The molecule has 1 heterocycles. The molecule has 9 heteroatoms. The van der Waals surface area contributed by atoms with Gasteiger partial charge >= 0.3 is 6.61 Å². The monoisotopic (exact) mass is 421 g/mol. The van der Waals surface area contributed by atoms with Gasteiger partial charge in [-0.3, -0.25) is 9.75 Å². The molecule has 0 fully saturated rings. The summed E-state index contributed by atoms with van der Waals surface area (Å²) < 4.78 is 61.2. The zero-order valence-electron chi connectivity index (χ0n) is 16.4. The van der Waals surface area contributed by atoms with E-state index < -0.39 is 30.5 Å². The molecule has 2 N–H and O–H groups in total. The lowest BCUT2D eigenvalue weighted by atomic mass is 9.90. The zero-order valence-corrected chi connectivity index (χ0v) is 16.4. The van der Waals surface area contributed by atoms with E-state index in [9.17, 15) is 17.6 Å². The van der Waals surface area contributed by atoms with Crippen LogP contribution in [0.15, 0.2) is 59.2 Å². The highest BCUT2D eigenvalue weighted by Gasteiger charge is 2.47. The number of halogens is 4. The highest BCUT2D eigenvalue weighted by atomic mass is 19.3. The molecular formula is C21H21F4N4O. The van der Waals surface area contributed by atoms with Crippen LogP contribution in [0.5, 0.6) is 0 Å². The summed E-state index contributed by atoms with van der Waals surface area (Å²) in [6, 6.07) is 9.49. The van der Waals surface area contributed by atoms with E-state index >= 15 is 0 Å². The van der Waals surface area contributed by atoms with Gasteiger partial charge in [0.05, 0.1) is 13.1 Å². The number of nitrogens with zero attached hydrogens (tertiary/aromatic N) is 3. The number of ether oxygens (including phenoxy) is 1. The van der Waals surface area contributed by atoms with Gasteiger partial charge in [0.25, 0.3) is 0 Å². The molecule has 0 saturated carbocycles. The van der Waals surface area contributed by atoms with E-state index in [2.05, 4.69) is 5.10 Å². The number of alkyl halides is 2. The van der Waals surface area contributed by atoms with Crippen molar-refractivity contribution in [2.75, 3.05) is 19.8 Å². The Balaban J connectivity index is 2.18. The Bertz CT molecular complexity index is 926. The second-order valence-corrected chi connectivity index (χ2v) is 6.88. The first-order valence-electron chi connectivity index (χ1n) is 9.02. The Morgan fingerprint density at radius 2 is 1.77 bits per heavy atom. The molecule has 0 saturated heterocycles. The van der Waals surface area contributed by atoms with Gasteiger partial charge in [0, 0.05) is 28.6 Å². The van der Waals surface area contributed by atoms with E-state index in [4.69, 9.17) is 10.5 Å². The molecule has 1 aliphatic rings. The summed E-state index contributed by atoms with van der Waals surface area (Å²) in [4.78, 5) is 1.65. The number of nitrogens with two attached hydrogens (primary N) is 1. The molecule has 0 aromatic heterocycles. The molecule has 0 bridgehead atoms. The Kier molecular flexibility index (Phi) is 6.42. The average Bonchev–Trinajstić information content (AvgIpc) is 2.67. The topological polar surface area (TPSA) is 54.1 Å². The first-order valence-corrected chi connectivity index (χ1v) is 9.02. The van der Waals surface area contributed by atoms with Crippen LogP contribution >= 0.6 is 0 Å². The van der Waals surface area contributed by atoms with Crippen LogP contribution in [0.4, 0.5) is 23.2 Å². The van der Waals surface area contributed by atoms with E-state index in [1.807, 2.05) is 0 Å². The predicted octanol–water partition coefficient (Wildman–Crippen LogP) is 4.09. The van der Waals surface area contributed by atoms with Crippen LogP contribution < -0.4 is 5.73 Å². The van der Waals surface area contributed by atoms with E-state index in [0.717, 1.165) is 17.1 Å². The fraction of sp³-hybridized carbons (Fsp3) is 0.238. The minimum absolute atomic E-state index is 0.273. The molecule has 0 aliphatic carbocycles. The molecular weight excluding hydrogens is 400 g/mol. The normalized spacial score (nSPS) is 18.9. The van der Waals surface area contributed by atoms with E-state index in [0.29, 0.717) is 11.3 Å². The van der Waals surface area contributed by atoms with Crippen LogP contribution in [0.1, 0.15) is 11.1 Å². The molecule has 5 nitrogen and oxygen atoms in total. The lowest BCUT2D eigenvalue weighted by molar-refractivity contribution is -0.256. The number of nitrogen functional groups attached to an aromatic ring is 1. The first-order chi connectivity index (χ1) is 14.2. The largest absolute Gasteiger partial charge is 0.399 e. The van der Waals surface area contributed by atoms with Crippen LogP contribution in [0, 0.1) is 18.2 Å². The fourth-order valence-corrected chi connectivity index (χ4v) is 3.28. The van der Waals surface area contributed by atoms with Crippen molar-refractivity contribution in [3.8, 4) is 0 Å². The first kappa shape index (κ1) is 21.8. The van der Waals surface area contributed by atoms with Crippen LogP contribution in [-0.2, 0) is 17.0 Å². The van der Waals surface area contributed by atoms with E-state index in [1.54, 1.807) is 25.5 Å². The maximum atomic E-state index is 14.3. The molecule has 1 unspecified atom stereocenters. The molecule has 0 spiro atoms. The molecule has 0 amide bonds. The van der Waals surface area contributed by atoms with Gasteiger partial charge in [-0.05, 0) is 44.4 Å². The lowest BCUT2D eigenvalue weighted by Gasteiger charge is -2.45. The minimum atomic E-state index is -3.21. The Morgan fingerprint density at radius 1 is 1.13 bits per heavy atom. The van der Waals surface area contributed by atoms with Crippen molar-refractivity contribution < 1.29 is 22.3 Å². The molecule has 159 valence electrons. The van der Waals surface area contributed by atoms with Crippen LogP contribution in [0.25, 0.3) is 0 Å². The van der Waals surface area contributed by atoms with Gasteiger partial charge in [0.15, 0.2) is 0 Å². The van der Waals surface area contributed by atoms with Gasteiger partial charge < -0.3 is 10.6 Å². The third-order valence-electron chi connectivity index (χ3n) is 4.54. The van der Waals surface area contributed by atoms with Gasteiger partial charge in [0.1, 0.15) is 11.6 Å². The highest BCUT2D eigenvalue weighted by Crippen LogP contribution is 2.43. The Morgan fingerprint density at radius 3 is 2.33 bits per heavy atom. The standard InChI is InChI=1S/C21H21F4N4O/c1-28(2)12-15-10-11-27-29(13-17-18(22)4-3-5-19(17)23)21(15,30-20(24)25)14-6-8-16(26)9-7-14/h3-12,20H,13,26H2,1-2H3. The zero-order chi connectivity index (χ0) is 21.9. The maximum absolute atomic E-state index is 14.3. The SMILES string of the molecule is CN(C)[CH]C1=CC=NN(Cc2c(F)cccc2F)C1(OC(F)F)c1ccc(N)cc1. The number of benzene rings is 2. The smallest absolute Gasteiger partial charge is 0.347 e. The molecule has 3 rings (SSSR count). The number of hydrazone groups is 1. The van der Waals surface area contributed by atoms with Crippen molar-refractivity contribution in [2.45, 2.75) is 18.9 Å². The van der Waals surface area contributed by atoms with Crippen LogP contribution in [0.3, 0.4) is 0 Å². The van der Waals surface area contributed by atoms with Crippen molar-refractivity contribution in [1.82, 2.24) is 9.91 Å². The summed E-state index contributed by atoms with van der Waals surface area (Å²) >= 11 is 0. The summed E-state index contributed by atoms with van der Waals surface area (Å²) in [6.07, 6.45) is 2.87. The number of hydrogen-bond donors (Lipinski definition) is 1. The van der Waals surface area contributed by atoms with Crippen molar-refractivity contribution in [2.24, 2.45) is 5.10 Å². The molecule has 30 heavy (non-hydrogen) atoms. The predicted molar refractivity (Wildman–Crippen MR) is 106 cm³/mol. The van der Waals surface area contributed by atoms with Crippen LogP contribution in [-0.4, -0.2) is 36.8 Å². The third-order valence-corrected chi connectivity index (χ3v) is 4.54. The van der Waals surface area contributed by atoms with Crippen molar-refractivity contribution in [3.05, 3.63) is 83.4 Å². The van der Waals surface area contributed by atoms with Gasteiger partial charge in [-0.15, -0.1) is 0 Å². The quantitative estimate of drug-likeness (QED) is 0.541. The third kappa shape index (κ3) is 4.31. The lowest BCUT2D eigenvalue weighted by Crippen LogP contribution is -2.50. The highest BCUT2D eigenvalue weighted by molar-refractivity contribution is 5.75. The molecule has 2 aromatic rings. The number of rotatable bonds is 7. The Hall–Kier alpha value is -2.91. The molecule has 1 radical (unpaired) electrons. The van der Waals surface area contributed by atoms with Gasteiger partial charge in [-0.2, -0.15) is 13.9 Å². The van der Waals surface area contributed by atoms with E-state index in [-0.39, 0.29) is 11.1 Å². The number of anilines is 1. The number of likely N-dealkylation sites (N-methyl/N-ethyl adjacent to an activating group) is 1. The molecule has 1 atom stereocenters. The number of allylic oxidation sites excluding steroid dienone is 1. The van der Waals surface area contributed by atoms with Gasteiger partial charge in [-0.1, -0.05) is 18.2 Å². The average molecular weight is 421 g/mol. The summed E-state index contributed by atoms with van der Waals surface area (Å²) in [6.45, 7) is -2.08. The summed E-state index contributed by atoms with van der Waals surface area (Å²) in [5.74, 6) is -1.64. The summed E-state index contributed by atoms with van der Waals surface area (Å²) in [7, 11) is 3.42. The second-order valence-electron chi connectivity index (χ2n) is 6.88. The molecule has 2 aromatic carbocycles. The minimum Gasteiger partial charge on any atom is -0.399 e. The van der Waals surface area contributed by atoms with E-state index in [1.165, 1.54) is 42.6 Å². The molecule has 1 aliphatic heterocycles. The van der Waals surface area contributed by atoms with Gasteiger partial charge in [0.2, 0.25) is 5.72 Å². The second kappa shape index (κ2) is 8.85. The maximum Gasteiger partial charge on any atom is 0.347 e.